The first-order valence-electron chi connectivity index (χ1n) is 7.68. The highest BCUT2D eigenvalue weighted by Gasteiger charge is 2.11. The lowest BCUT2D eigenvalue weighted by atomic mass is 10.0. The average Bonchev–Trinajstić information content (AvgIpc) is 2.53. The van der Waals surface area contributed by atoms with E-state index < -0.39 is 6.10 Å². The minimum absolute atomic E-state index is 0.0683. The van der Waals surface area contributed by atoms with Gasteiger partial charge in [0, 0.05) is 29.9 Å². The van der Waals surface area contributed by atoms with E-state index in [4.69, 9.17) is 5.73 Å². The Bertz CT molecular complexity index is 656. The van der Waals surface area contributed by atoms with Crippen LogP contribution in [0, 0.1) is 0 Å². The second kappa shape index (κ2) is 7.85. The standard InChI is InChI=1S/C18H23N3O2/c1-12(8-14-4-3-5-15(9-14)13(2)22)20-11-17(23)16-6-7-18(19)21-10-16/h3-7,9-10,12,17,20,23H,8,11H2,1-2H3,(H2,19,21)/t12-,17+/m1/s1. The number of hydrogen-bond acceptors (Lipinski definition) is 5. The molecule has 0 radical (unpaired) electrons. The zero-order valence-corrected chi connectivity index (χ0v) is 13.5. The fourth-order valence-electron chi connectivity index (χ4n) is 2.39. The first-order valence-corrected chi connectivity index (χ1v) is 7.68. The maximum atomic E-state index is 11.4. The van der Waals surface area contributed by atoms with Crippen LogP contribution in [0.5, 0.6) is 0 Å². The predicted octanol–water partition coefficient (Wildman–Crippen LogP) is 2.12. The number of anilines is 1. The van der Waals surface area contributed by atoms with Crippen LogP contribution in [0.3, 0.4) is 0 Å². The number of ketones is 1. The van der Waals surface area contributed by atoms with Gasteiger partial charge < -0.3 is 16.2 Å². The van der Waals surface area contributed by atoms with Gasteiger partial charge in [-0.3, -0.25) is 4.79 Å². The summed E-state index contributed by atoms with van der Waals surface area (Å²) in [4.78, 5) is 15.4. The number of nitrogens with zero attached hydrogens (tertiary/aromatic N) is 1. The van der Waals surface area contributed by atoms with Crippen LogP contribution in [-0.4, -0.2) is 28.5 Å². The molecule has 23 heavy (non-hydrogen) atoms. The lowest BCUT2D eigenvalue weighted by molar-refractivity contribution is 0.101. The van der Waals surface area contributed by atoms with E-state index in [1.807, 2.05) is 31.2 Å². The van der Waals surface area contributed by atoms with Crippen molar-refractivity contribution in [1.82, 2.24) is 10.3 Å². The number of Topliss-reactive ketones (excluding diaryl/α,β-unsaturated/α-hetero) is 1. The van der Waals surface area contributed by atoms with Gasteiger partial charge in [0.15, 0.2) is 5.78 Å². The molecule has 1 heterocycles. The fraction of sp³-hybridized carbons (Fsp3) is 0.333. The van der Waals surface area contributed by atoms with E-state index in [-0.39, 0.29) is 11.8 Å². The summed E-state index contributed by atoms with van der Waals surface area (Å²) in [6.07, 6.45) is 1.74. The Labute approximate surface area is 136 Å². The normalized spacial score (nSPS) is 13.5. The van der Waals surface area contributed by atoms with Crippen LogP contribution >= 0.6 is 0 Å². The molecule has 0 unspecified atom stereocenters. The Hall–Kier alpha value is -2.24. The number of aromatic nitrogens is 1. The number of aliphatic hydroxyl groups is 1. The van der Waals surface area contributed by atoms with Gasteiger partial charge in [0.05, 0.1) is 6.10 Å². The van der Waals surface area contributed by atoms with Crippen molar-refractivity contribution in [1.29, 1.82) is 0 Å². The minimum atomic E-state index is -0.630. The number of aliphatic hydroxyl groups excluding tert-OH is 1. The summed E-state index contributed by atoms with van der Waals surface area (Å²) in [5.74, 6) is 0.506. The number of hydrogen-bond donors (Lipinski definition) is 3. The Kier molecular flexibility index (Phi) is 5.84. The summed E-state index contributed by atoms with van der Waals surface area (Å²) >= 11 is 0. The zero-order valence-electron chi connectivity index (χ0n) is 13.5. The summed E-state index contributed by atoms with van der Waals surface area (Å²) < 4.78 is 0. The highest BCUT2D eigenvalue weighted by atomic mass is 16.3. The Morgan fingerprint density at radius 3 is 2.78 bits per heavy atom. The molecule has 5 heteroatoms. The van der Waals surface area contributed by atoms with Crippen LogP contribution in [0.15, 0.2) is 42.6 Å². The molecule has 0 saturated carbocycles. The molecule has 0 saturated heterocycles. The molecule has 4 N–H and O–H groups in total. The Morgan fingerprint density at radius 1 is 1.35 bits per heavy atom. The van der Waals surface area contributed by atoms with Crippen molar-refractivity contribution in [3.63, 3.8) is 0 Å². The molecule has 2 atom stereocenters. The summed E-state index contributed by atoms with van der Waals surface area (Å²) in [6, 6.07) is 11.3. The van der Waals surface area contributed by atoms with E-state index in [0.717, 1.165) is 23.1 Å². The van der Waals surface area contributed by atoms with Crippen molar-refractivity contribution in [2.45, 2.75) is 32.4 Å². The van der Waals surface area contributed by atoms with Gasteiger partial charge in [-0.15, -0.1) is 0 Å². The smallest absolute Gasteiger partial charge is 0.159 e. The number of nitrogens with one attached hydrogen (secondary N) is 1. The van der Waals surface area contributed by atoms with Crippen molar-refractivity contribution >= 4 is 11.6 Å². The number of benzene rings is 1. The van der Waals surface area contributed by atoms with Gasteiger partial charge in [-0.2, -0.15) is 0 Å². The van der Waals surface area contributed by atoms with E-state index in [2.05, 4.69) is 10.3 Å². The third-order valence-electron chi connectivity index (χ3n) is 3.73. The molecule has 0 amide bonds. The average molecular weight is 313 g/mol. The van der Waals surface area contributed by atoms with E-state index in [1.54, 1.807) is 25.3 Å². The minimum Gasteiger partial charge on any atom is -0.387 e. The van der Waals surface area contributed by atoms with E-state index in [9.17, 15) is 9.90 Å². The monoisotopic (exact) mass is 313 g/mol. The molecule has 0 aliphatic carbocycles. The maximum Gasteiger partial charge on any atom is 0.159 e. The SMILES string of the molecule is CC(=O)c1cccc(C[C@@H](C)NC[C@H](O)c2ccc(N)nc2)c1. The number of nitrogen functional groups attached to an aromatic ring is 1. The largest absolute Gasteiger partial charge is 0.387 e. The predicted molar refractivity (Wildman–Crippen MR) is 91.2 cm³/mol. The summed E-state index contributed by atoms with van der Waals surface area (Å²) in [6.45, 7) is 4.05. The van der Waals surface area contributed by atoms with E-state index in [1.165, 1.54) is 0 Å². The van der Waals surface area contributed by atoms with Crippen LogP contribution in [0.4, 0.5) is 5.82 Å². The highest BCUT2D eigenvalue weighted by Crippen LogP contribution is 2.13. The van der Waals surface area contributed by atoms with Crippen LogP contribution in [-0.2, 0) is 6.42 Å². The molecule has 122 valence electrons. The van der Waals surface area contributed by atoms with Crippen LogP contribution in [0.2, 0.25) is 0 Å². The van der Waals surface area contributed by atoms with Crippen molar-refractivity contribution in [2.24, 2.45) is 0 Å². The van der Waals surface area contributed by atoms with E-state index in [0.29, 0.717) is 12.4 Å². The Morgan fingerprint density at radius 2 is 2.13 bits per heavy atom. The van der Waals surface area contributed by atoms with Gasteiger partial charge in [-0.25, -0.2) is 4.98 Å². The molecule has 2 aromatic rings. The first-order chi connectivity index (χ1) is 11.0. The molecule has 1 aromatic carbocycles. The van der Waals surface area contributed by atoms with Crippen LogP contribution in [0.1, 0.15) is 41.4 Å². The number of rotatable bonds is 7. The van der Waals surface area contributed by atoms with Gasteiger partial charge in [0.2, 0.25) is 0 Å². The fourth-order valence-corrected chi connectivity index (χ4v) is 2.39. The number of pyridine rings is 1. The number of nitrogens with two attached hydrogens (primary N) is 1. The highest BCUT2D eigenvalue weighted by molar-refractivity contribution is 5.94. The van der Waals surface area contributed by atoms with Crippen LogP contribution < -0.4 is 11.1 Å². The quantitative estimate of drug-likeness (QED) is 0.681. The summed E-state index contributed by atoms with van der Waals surface area (Å²) in [7, 11) is 0. The third-order valence-corrected chi connectivity index (χ3v) is 3.73. The molecule has 5 nitrogen and oxygen atoms in total. The maximum absolute atomic E-state index is 11.4. The second-order valence-corrected chi connectivity index (χ2v) is 5.80. The lowest BCUT2D eigenvalue weighted by Gasteiger charge is -2.17. The number of carbonyl (C=O) groups is 1. The topological polar surface area (TPSA) is 88.2 Å². The summed E-state index contributed by atoms with van der Waals surface area (Å²) in [5, 5.41) is 13.5. The molecule has 0 aliphatic rings. The van der Waals surface area contributed by atoms with E-state index >= 15 is 0 Å². The third kappa shape index (κ3) is 5.16. The van der Waals surface area contributed by atoms with Gasteiger partial charge in [0.1, 0.15) is 5.82 Å². The summed E-state index contributed by atoms with van der Waals surface area (Å²) in [5.41, 5.74) is 8.09. The zero-order chi connectivity index (χ0) is 16.8. The van der Waals surface area contributed by atoms with Crippen LogP contribution in [0.25, 0.3) is 0 Å². The molecule has 1 aromatic heterocycles. The van der Waals surface area contributed by atoms with Crippen molar-refractivity contribution in [3.05, 3.63) is 59.3 Å². The second-order valence-electron chi connectivity index (χ2n) is 5.80. The molecular formula is C18H23N3O2. The van der Waals surface area contributed by atoms with Crippen molar-refractivity contribution in [3.8, 4) is 0 Å². The van der Waals surface area contributed by atoms with Crippen molar-refractivity contribution < 1.29 is 9.90 Å². The number of carbonyl (C=O) groups excluding carboxylic acids is 1. The molecule has 0 spiro atoms. The molecule has 0 bridgehead atoms. The lowest BCUT2D eigenvalue weighted by Crippen LogP contribution is -2.32. The molecule has 0 aliphatic heterocycles. The van der Waals surface area contributed by atoms with Gasteiger partial charge in [0.25, 0.3) is 0 Å². The van der Waals surface area contributed by atoms with Gasteiger partial charge >= 0.3 is 0 Å². The van der Waals surface area contributed by atoms with Crippen molar-refractivity contribution in [2.75, 3.05) is 12.3 Å². The molecule has 0 fully saturated rings. The molecule has 2 rings (SSSR count). The van der Waals surface area contributed by atoms with Gasteiger partial charge in [-0.05, 0) is 38.0 Å². The Balaban J connectivity index is 1.87. The first kappa shape index (κ1) is 17.1. The van der Waals surface area contributed by atoms with Gasteiger partial charge in [-0.1, -0.05) is 24.3 Å². The molecular weight excluding hydrogens is 290 g/mol.